The van der Waals surface area contributed by atoms with Gasteiger partial charge < -0.3 is 9.80 Å². The molecule has 0 aromatic heterocycles. The summed E-state index contributed by atoms with van der Waals surface area (Å²) in [6, 6.07) is 42.1. The van der Waals surface area contributed by atoms with Gasteiger partial charge in [0, 0.05) is 56.0 Å². The fourth-order valence-corrected chi connectivity index (χ4v) is 14.6. The fourth-order valence-electron chi connectivity index (χ4n) is 14.6. The molecule has 2 aliphatic heterocycles. The predicted octanol–water partition coefficient (Wildman–Crippen LogP) is 16.4. The van der Waals surface area contributed by atoms with E-state index >= 15 is 0 Å². The van der Waals surface area contributed by atoms with E-state index in [4.69, 9.17) is 0 Å². The van der Waals surface area contributed by atoms with E-state index in [1.807, 2.05) is 0 Å². The molecule has 328 valence electrons. The Morgan fingerprint density at radius 3 is 1.89 bits per heavy atom. The Morgan fingerprint density at radius 2 is 1.20 bits per heavy atom. The number of hydrogen-bond acceptors (Lipinski definition) is 2. The van der Waals surface area contributed by atoms with Gasteiger partial charge in [-0.2, -0.15) is 0 Å². The van der Waals surface area contributed by atoms with Gasteiger partial charge in [0.25, 0.3) is 0 Å². The molecule has 0 bridgehead atoms. The van der Waals surface area contributed by atoms with Crippen molar-refractivity contribution < 1.29 is 0 Å². The highest BCUT2D eigenvalue weighted by molar-refractivity contribution is 5.88. The van der Waals surface area contributed by atoms with Gasteiger partial charge in [-0.25, -0.2) is 0 Å². The van der Waals surface area contributed by atoms with Crippen LogP contribution in [0.4, 0.5) is 17.1 Å². The number of fused-ring (bicyclic) bond motifs is 10. The molecule has 0 radical (unpaired) electrons. The van der Waals surface area contributed by atoms with Crippen LogP contribution in [0.1, 0.15) is 149 Å². The van der Waals surface area contributed by atoms with E-state index in [-0.39, 0.29) is 21.7 Å². The fraction of sp³-hybridized carbons (Fsp3) is 0.312. The largest absolute Gasteiger partial charge is 0.314 e. The zero-order chi connectivity index (χ0) is 44.7. The minimum atomic E-state index is -0.0925. The van der Waals surface area contributed by atoms with E-state index in [1.165, 1.54) is 110 Å². The maximum atomic E-state index is 2.71. The molecule has 5 aromatic carbocycles. The van der Waals surface area contributed by atoms with E-state index in [0.29, 0.717) is 11.8 Å². The van der Waals surface area contributed by atoms with Crippen LogP contribution in [0.5, 0.6) is 0 Å². The van der Waals surface area contributed by atoms with Crippen LogP contribution >= 0.6 is 0 Å². The molecule has 1 fully saturated rings. The van der Waals surface area contributed by atoms with Crippen LogP contribution in [0, 0.1) is 5.92 Å². The lowest BCUT2D eigenvalue weighted by molar-refractivity contribution is 0.335. The maximum absolute atomic E-state index is 2.71. The van der Waals surface area contributed by atoms with Gasteiger partial charge in [0.1, 0.15) is 0 Å². The third-order valence-corrected chi connectivity index (χ3v) is 17.9. The molecule has 66 heavy (non-hydrogen) atoms. The zero-order valence-electron chi connectivity index (χ0n) is 39.7. The summed E-state index contributed by atoms with van der Waals surface area (Å²) in [5, 5.41) is 0. The lowest BCUT2D eigenvalue weighted by Gasteiger charge is -2.45. The second-order valence-electron chi connectivity index (χ2n) is 22.3. The van der Waals surface area contributed by atoms with E-state index in [0.717, 1.165) is 25.7 Å². The van der Waals surface area contributed by atoms with E-state index in [1.54, 1.807) is 16.7 Å². The summed E-state index contributed by atoms with van der Waals surface area (Å²) in [5.74, 6) is 0.885. The SMILES string of the molecule is CC1(C)C2=C(CCC(N3c4ccccc4C(C)(C)c4ccccc43)=C2)c2ccc(/C=C/c3ccc4c(c3)C3(CCCC3)C3C=C(N5C6=C(CCC=C6)C(C)(C)c6ccccc65)C=CC43)cc21. The highest BCUT2D eigenvalue weighted by atomic mass is 15.2. The Balaban J connectivity index is 0.807. The zero-order valence-corrected chi connectivity index (χ0v) is 39.7. The quantitative estimate of drug-likeness (QED) is 0.166. The second kappa shape index (κ2) is 14.2. The van der Waals surface area contributed by atoms with Crippen LogP contribution in [-0.4, -0.2) is 0 Å². The van der Waals surface area contributed by atoms with Crippen molar-refractivity contribution in [3.63, 3.8) is 0 Å². The van der Waals surface area contributed by atoms with Gasteiger partial charge in [0.15, 0.2) is 0 Å². The van der Waals surface area contributed by atoms with Crippen molar-refractivity contribution in [2.75, 3.05) is 9.80 Å². The summed E-state index contributed by atoms with van der Waals surface area (Å²) < 4.78 is 0. The highest BCUT2D eigenvalue weighted by Crippen LogP contribution is 2.62. The number of nitrogens with zero attached hydrogens (tertiary/aromatic N) is 2. The van der Waals surface area contributed by atoms with E-state index < -0.39 is 0 Å². The minimum absolute atomic E-state index is 0.0232. The van der Waals surface area contributed by atoms with Crippen molar-refractivity contribution in [2.24, 2.45) is 5.92 Å². The van der Waals surface area contributed by atoms with Crippen LogP contribution in [0.3, 0.4) is 0 Å². The first-order chi connectivity index (χ1) is 32.0. The standard InChI is InChI=1S/C64H62N2/c1-61(2)49-17-7-11-21-57(49)65(58-22-12-8-18-50(58)61)43-29-33-46-45-31-27-41(37-53(45)63(5,6)54(46)39-43)25-26-42-28-32-47-48-34-30-44(40-56(48)64(55(47)38-42)35-15-16-36-64)66-59-23-13-9-19-51(59)62(3,4)52-20-10-14-24-60(52)66/h7-9,11-14,17-19,21-28,30-32,34,37-40,48,56H,10,15-16,20,29,33,35-36H2,1-6H3/b26-25+. The molecule has 2 heteroatoms. The Hall–Kier alpha value is -6.12. The molecule has 8 aliphatic rings. The molecule has 6 aliphatic carbocycles. The number of anilines is 3. The maximum Gasteiger partial charge on any atom is 0.0502 e. The van der Waals surface area contributed by atoms with Crippen molar-refractivity contribution in [3.8, 4) is 0 Å². The number of para-hydroxylation sites is 3. The number of hydrogen-bond donors (Lipinski definition) is 0. The van der Waals surface area contributed by atoms with Gasteiger partial charge in [-0.1, -0.05) is 176 Å². The molecular formula is C64H62N2. The lowest BCUT2D eigenvalue weighted by atomic mass is 9.68. The Kier molecular flexibility index (Phi) is 8.64. The van der Waals surface area contributed by atoms with Gasteiger partial charge in [-0.15, -0.1) is 0 Å². The highest BCUT2D eigenvalue weighted by Gasteiger charge is 2.53. The van der Waals surface area contributed by atoms with Crippen molar-refractivity contribution in [1.82, 2.24) is 0 Å². The summed E-state index contributed by atoms with van der Waals surface area (Å²) in [6.07, 6.45) is 29.3. The monoisotopic (exact) mass is 858 g/mol. The normalized spacial score (nSPS) is 24.0. The van der Waals surface area contributed by atoms with Gasteiger partial charge >= 0.3 is 0 Å². The van der Waals surface area contributed by atoms with Gasteiger partial charge in [-0.3, -0.25) is 0 Å². The minimum Gasteiger partial charge on any atom is -0.314 e. The average molecular weight is 859 g/mol. The molecule has 2 unspecified atom stereocenters. The third-order valence-electron chi connectivity index (χ3n) is 17.9. The molecule has 2 heterocycles. The average Bonchev–Trinajstić information content (AvgIpc) is 4.00. The first-order valence-corrected chi connectivity index (χ1v) is 25.1. The summed E-state index contributed by atoms with van der Waals surface area (Å²) in [5.41, 5.74) is 25.7. The Labute approximate surface area is 393 Å². The molecule has 13 rings (SSSR count). The molecule has 0 amide bonds. The number of allylic oxidation sites excluding steroid dienone is 10. The van der Waals surface area contributed by atoms with Crippen molar-refractivity contribution in [3.05, 3.63) is 224 Å². The lowest BCUT2D eigenvalue weighted by Crippen LogP contribution is -2.38. The van der Waals surface area contributed by atoms with E-state index in [9.17, 15) is 0 Å². The molecule has 1 spiro atoms. The van der Waals surface area contributed by atoms with Crippen molar-refractivity contribution in [2.45, 2.75) is 120 Å². The van der Waals surface area contributed by atoms with Crippen LogP contribution in [0.2, 0.25) is 0 Å². The van der Waals surface area contributed by atoms with Crippen LogP contribution in [-0.2, 0) is 21.7 Å². The van der Waals surface area contributed by atoms with Gasteiger partial charge in [0.2, 0.25) is 0 Å². The number of rotatable bonds is 4. The third kappa shape index (κ3) is 5.54. The smallest absolute Gasteiger partial charge is 0.0502 e. The molecule has 2 atom stereocenters. The van der Waals surface area contributed by atoms with Gasteiger partial charge in [-0.05, 0) is 148 Å². The molecule has 0 N–H and O–H groups in total. The van der Waals surface area contributed by atoms with Crippen LogP contribution in [0.25, 0.3) is 17.7 Å². The van der Waals surface area contributed by atoms with Crippen LogP contribution < -0.4 is 9.80 Å². The Bertz CT molecular complexity index is 3090. The predicted molar refractivity (Wildman–Crippen MR) is 277 cm³/mol. The topological polar surface area (TPSA) is 6.48 Å². The summed E-state index contributed by atoms with van der Waals surface area (Å²) in [7, 11) is 0. The molecule has 5 aromatic rings. The van der Waals surface area contributed by atoms with Gasteiger partial charge in [0.05, 0.1) is 5.69 Å². The molecule has 0 saturated heterocycles. The van der Waals surface area contributed by atoms with Crippen molar-refractivity contribution in [1.29, 1.82) is 0 Å². The molecular weight excluding hydrogens is 797 g/mol. The van der Waals surface area contributed by atoms with Crippen molar-refractivity contribution >= 4 is 34.8 Å². The first-order valence-electron chi connectivity index (χ1n) is 25.1. The summed E-state index contributed by atoms with van der Waals surface area (Å²) in [4.78, 5) is 5.19. The van der Waals surface area contributed by atoms with Crippen LogP contribution in [0.15, 0.2) is 174 Å². The molecule has 1 saturated carbocycles. The molecule has 2 nitrogen and oxygen atoms in total. The summed E-state index contributed by atoms with van der Waals surface area (Å²) in [6.45, 7) is 14.5. The number of benzene rings is 5. The summed E-state index contributed by atoms with van der Waals surface area (Å²) >= 11 is 0. The Morgan fingerprint density at radius 1 is 0.576 bits per heavy atom. The van der Waals surface area contributed by atoms with E-state index in [2.05, 4.69) is 209 Å². The first kappa shape index (κ1) is 40.2. The second-order valence-corrected chi connectivity index (χ2v) is 22.3.